The molecule has 0 aromatic carbocycles. The SMILES string of the molecule is C=C1C(=O)OC(C)(CCCC#N)OC1=O. The first-order valence-electron chi connectivity index (χ1n) is 4.51. The normalized spacial score (nSPS) is 19.1. The lowest BCUT2D eigenvalue weighted by atomic mass is 10.1. The summed E-state index contributed by atoms with van der Waals surface area (Å²) in [6, 6.07) is 1.96. The molecule has 0 radical (unpaired) electrons. The highest BCUT2D eigenvalue weighted by Crippen LogP contribution is 2.27. The van der Waals surface area contributed by atoms with Gasteiger partial charge in [0, 0.05) is 19.8 Å². The van der Waals surface area contributed by atoms with Crippen LogP contribution in [0.25, 0.3) is 0 Å². The fourth-order valence-corrected chi connectivity index (χ4v) is 1.21. The van der Waals surface area contributed by atoms with Gasteiger partial charge in [-0.2, -0.15) is 5.26 Å². The summed E-state index contributed by atoms with van der Waals surface area (Å²) in [6.07, 6.45) is 1.14. The Bertz CT molecular complexity index is 333. The lowest BCUT2D eigenvalue weighted by Crippen LogP contribution is -2.43. The Hall–Kier alpha value is -1.83. The number of rotatable bonds is 3. The van der Waals surface area contributed by atoms with Crippen molar-refractivity contribution in [3.05, 3.63) is 12.2 Å². The summed E-state index contributed by atoms with van der Waals surface area (Å²) in [7, 11) is 0. The maximum absolute atomic E-state index is 11.2. The highest BCUT2D eigenvalue weighted by Gasteiger charge is 2.40. The molecule has 0 spiro atoms. The number of nitriles is 1. The van der Waals surface area contributed by atoms with Gasteiger partial charge in [0.05, 0.1) is 6.07 Å². The fourth-order valence-electron chi connectivity index (χ4n) is 1.21. The van der Waals surface area contributed by atoms with Crippen molar-refractivity contribution < 1.29 is 19.1 Å². The van der Waals surface area contributed by atoms with Gasteiger partial charge in [-0.15, -0.1) is 0 Å². The number of hydrogen-bond acceptors (Lipinski definition) is 5. The molecular weight excluding hydrogens is 198 g/mol. The molecule has 5 heteroatoms. The van der Waals surface area contributed by atoms with E-state index in [4.69, 9.17) is 14.7 Å². The molecule has 0 aliphatic carbocycles. The third-order valence-electron chi connectivity index (χ3n) is 2.03. The number of carbonyl (C=O) groups is 2. The van der Waals surface area contributed by atoms with Gasteiger partial charge in [-0.1, -0.05) is 6.58 Å². The molecule has 0 amide bonds. The molecule has 1 saturated heterocycles. The molecule has 1 heterocycles. The van der Waals surface area contributed by atoms with Gasteiger partial charge in [-0.05, 0) is 6.42 Å². The number of nitrogens with zero attached hydrogens (tertiary/aromatic N) is 1. The Morgan fingerprint density at radius 1 is 1.40 bits per heavy atom. The third kappa shape index (κ3) is 2.56. The van der Waals surface area contributed by atoms with Gasteiger partial charge in [0.15, 0.2) is 0 Å². The number of unbranched alkanes of at least 4 members (excludes halogenated alkanes) is 1. The molecule has 5 nitrogen and oxygen atoms in total. The molecule has 1 rings (SSSR count). The molecule has 15 heavy (non-hydrogen) atoms. The van der Waals surface area contributed by atoms with Gasteiger partial charge in [-0.3, -0.25) is 0 Å². The van der Waals surface area contributed by atoms with E-state index in [1.165, 1.54) is 6.92 Å². The summed E-state index contributed by atoms with van der Waals surface area (Å²) >= 11 is 0. The Balaban J connectivity index is 2.63. The number of ether oxygens (including phenoxy) is 2. The maximum Gasteiger partial charge on any atom is 0.348 e. The summed E-state index contributed by atoms with van der Waals surface area (Å²) in [6.45, 7) is 4.73. The average Bonchev–Trinajstić information content (AvgIpc) is 2.14. The molecule has 0 aromatic rings. The Morgan fingerprint density at radius 2 is 1.93 bits per heavy atom. The first-order chi connectivity index (χ1) is 6.98. The van der Waals surface area contributed by atoms with Crippen LogP contribution in [0.4, 0.5) is 0 Å². The van der Waals surface area contributed by atoms with Crippen LogP contribution < -0.4 is 0 Å². The van der Waals surface area contributed by atoms with Crippen molar-refractivity contribution in [3.8, 4) is 6.07 Å². The number of cyclic esters (lactones) is 2. The molecule has 1 aliphatic heterocycles. The summed E-state index contributed by atoms with van der Waals surface area (Å²) < 4.78 is 9.82. The van der Waals surface area contributed by atoms with Crippen LogP contribution in [0, 0.1) is 11.3 Å². The zero-order valence-corrected chi connectivity index (χ0v) is 8.41. The minimum Gasteiger partial charge on any atom is -0.419 e. The minimum absolute atomic E-state index is 0.298. The average molecular weight is 209 g/mol. The Morgan fingerprint density at radius 3 is 2.40 bits per heavy atom. The van der Waals surface area contributed by atoms with Crippen molar-refractivity contribution in [1.29, 1.82) is 5.26 Å². The van der Waals surface area contributed by atoms with Crippen LogP contribution in [-0.4, -0.2) is 17.7 Å². The highest BCUT2D eigenvalue weighted by atomic mass is 16.7. The van der Waals surface area contributed by atoms with Crippen molar-refractivity contribution >= 4 is 11.9 Å². The molecule has 0 atom stereocenters. The third-order valence-corrected chi connectivity index (χ3v) is 2.03. The Labute approximate surface area is 87.3 Å². The van der Waals surface area contributed by atoms with E-state index in [-0.39, 0.29) is 5.57 Å². The van der Waals surface area contributed by atoms with E-state index in [1.54, 1.807) is 0 Å². The number of carbonyl (C=O) groups excluding carboxylic acids is 2. The van der Waals surface area contributed by atoms with Crippen molar-refractivity contribution in [2.75, 3.05) is 0 Å². The zero-order chi connectivity index (χ0) is 11.5. The standard InChI is InChI=1S/C10H11NO4/c1-7-8(12)14-10(2,15-9(7)13)5-3-4-6-11/h1,3-5H2,2H3. The molecule has 0 aromatic heterocycles. The van der Waals surface area contributed by atoms with Gasteiger partial charge >= 0.3 is 11.9 Å². The molecule has 0 unspecified atom stereocenters. The summed E-state index contributed by atoms with van der Waals surface area (Å²) in [5.41, 5.74) is -0.298. The Kier molecular flexibility index (Phi) is 3.10. The number of esters is 2. The predicted molar refractivity (Wildman–Crippen MR) is 49.2 cm³/mol. The second kappa shape index (κ2) is 4.13. The van der Waals surface area contributed by atoms with Crippen LogP contribution in [0.15, 0.2) is 12.2 Å². The maximum atomic E-state index is 11.2. The van der Waals surface area contributed by atoms with E-state index >= 15 is 0 Å². The van der Waals surface area contributed by atoms with E-state index in [0.717, 1.165) is 0 Å². The quantitative estimate of drug-likeness (QED) is 0.300. The van der Waals surface area contributed by atoms with Crippen LogP contribution in [0.3, 0.4) is 0 Å². The van der Waals surface area contributed by atoms with Crippen molar-refractivity contribution in [2.45, 2.75) is 32.0 Å². The summed E-state index contributed by atoms with van der Waals surface area (Å²) in [4.78, 5) is 22.3. The van der Waals surface area contributed by atoms with E-state index in [9.17, 15) is 9.59 Å². The lowest BCUT2D eigenvalue weighted by molar-refractivity contribution is -0.230. The lowest BCUT2D eigenvalue weighted by Gasteiger charge is -2.32. The smallest absolute Gasteiger partial charge is 0.348 e. The van der Waals surface area contributed by atoms with Crippen LogP contribution in [-0.2, 0) is 19.1 Å². The van der Waals surface area contributed by atoms with Gasteiger partial charge in [0.2, 0.25) is 0 Å². The van der Waals surface area contributed by atoms with Crippen molar-refractivity contribution in [3.63, 3.8) is 0 Å². The van der Waals surface area contributed by atoms with Gasteiger partial charge < -0.3 is 9.47 Å². The van der Waals surface area contributed by atoms with Crippen molar-refractivity contribution in [2.24, 2.45) is 0 Å². The second-order valence-corrected chi connectivity index (χ2v) is 3.40. The van der Waals surface area contributed by atoms with Gasteiger partial charge in [0.1, 0.15) is 5.57 Å². The topological polar surface area (TPSA) is 76.4 Å². The largest absolute Gasteiger partial charge is 0.419 e. The number of hydrogen-bond donors (Lipinski definition) is 0. The molecule has 1 aliphatic rings. The van der Waals surface area contributed by atoms with E-state index in [0.29, 0.717) is 19.3 Å². The van der Waals surface area contributed by atoms with Crippen molar-refractivity contribution in [1.82, 2.24) is 0 Å². The van der Waals surface area contributed by atoms with Gasteiger partial charge in [-0.25, -0.2) is 9.59 Å². The summed E-state index contributed by atoms with van der Waals surface area (Å²) in [5, 5.41) is 8.35. The van der Waals surface area contributed by atoms with E-state index < -0.39 is 17.7 Å². The second-order valence-electron chi connectivity index (χ2n) is 3.40. The van der Waals surface area contributed by atoms with Crippen LogP contribution in [0.1, 0.15) is 26.2 Å². The molecule has 0 bridgehead atoms. The minimum atomic E-state index is -1.26. The van der Waals surface area contributed by atoms with Crippen LogP contribution >= 0.6 is 0 Å². The zero-order valence-electron chi connectivity index (χ0n) is 8.41. The highest BCUT2D eigenvalue weighted by molar-refractivity contribution is 6.14. The molecule has 1 fully saturated rings. The fraction of sp³-hybridized carbons (Fsp3) is 0.500. The van der Waals surface area contributed by atoms with Gasteiger partial charge in [0.25, 0.3) is 5.79 Å². The van der Waals surface area contributed by atoms with Crippen LogP contribution in [0.2, 0.25) is 0 Å². The van der Waals surface area contributed by atoms with E-state index in [2.05, 4.69) is 6.58 Å². The molecular formula is C10H11NO4. The molecule has 80 valence electrons. The van der Waals surface area contributed by atoms with E-state index in [1.807, 2.05) is 6.07 Å². The molecule has 0 saturated carbocycles. The summed E-state index contributed by atoms with van der Waals surface area (Å²) in [5.74, 6) is -2.77. The monoisotopic (exact) mass is 209 g/mol. The first kappa shape index (κ1) is 11.2. The predicted octanol–water partition coefficient (Wildman–Crippen LogP) is 1.05. The van der Waals surface area contributed by atoms with Crippen LogP contribution in [0.5, 0.6) is 0 Å². The first-order valence-corrected chi connectivity index (χ1v) is 4.51. The molecule has 0 N–H and O–H groups in total.